The van der Waals surface area contributed by atoms with Crippen molar-refractivity contribution in [3.8, 4) is 0 Å². The molecule has 0 aliphatic carbocycles. The summed E-state index contributed by atoms with van der Waals surface area (Å²) in [5.41, 5.74) is 0. The van der Waals surface area contributed by atoms with E-state index in [1.807, 2.05) is 0 Å². The Hall–Kier alpha value is -0.500. The van der Waals surface area contributed by atoms with Crippen LogP contribution in [0.5, 0.6) is 0 Å². The van der Waals surface area contributed by atoms with Crippen molar-refractivity contribution in [1.82, 2.24) is 0 Å². The minimum absolute atomic E-state index is 0.759. The molecule has 1 N–H and O–H groups in total. The molecule has 0 aromatic rings. The predicted octanol–water partition coefficient (Wildman–Crippen LogP) is 0.823. The Balaban J connectivity index is 4.23. The first-order valence-electron chi connectivity index (χ1n) is 2.12. The maximum Gasteiger partial charge on any atom is 0.346 e. The van der Waals surface area contributed by atoms with Crippen molar-refractivity contribution in [2.75, 3.05) is 0 Å². The minimum Gasteiger partial charge on any atom is -0.477 e. The maximum atomic E-state index is 9.71. The minimum atomic E-state index is -1.44. The van der Waals surface area contributed by atoms with Gasteiger partial charge in [-0.2, -0.15) is 0 Å². The van der Waals surface area contributed by atoms with E-state index in [4.69, 9.17) is 19.4 Å². The van der Waals surface area contributed by atoms with Gasteiger partial charge in [0, 0.05) is 0 Å². The molecule has 0 unspecified atom stereocenters. The number of rotatable bonds is 1. The number of aliphatic carboxylic acids is 1. The highest BCUT2D eigenvalue weighted by Gasteiger charge is 1.93. The summed E-state index contributed by atoms with van der Waals surface area (Å²) in [6.45, 7) is -0.876. The quantitative estimate of drug-likeness (QED) is 0.505. The molecule has 0 atom stereocenters. The van der Waals surface area contributed by atoms with Crippen molar-refractivity contribution in [3.63, 3.8) is 0 Å². The molecule has 0 bridgehead atoms. The zero-order valence-corrected chi connectivity index (χ0v) is 3.49. The van der Waals surface area contributed by atoms with Gasteiger partial charge in [0.15, 0.2) is 0 Å². The third-order valence-corrected chi connectivity index (χ3v) is 0.349. The van der Waals surface area contributed by atoms with E-state index in [2.05, 4.69) is 0 Å². The number of carboxylic acid groups (broad SMARTS) is 1. The van der Waals surface area contributed by atoms with E-state index < -0.39 is 17.5 Å². The van der Waals surface area contributed by atoms with Crippen LogP contribution < -0.4 is 0 Å². The molecule has 0 radical (unpaired) electrons. The molecule has 0 saturated heterocycles. The molecule has 6 heavy (non-hydrogen) atoms. The molecule has 34 valence electrons. The van der Waals surface area contributed by atoms with Gasteiger partial charge >= 0.3 is 5.97 Å². The van der Waals surface area contributed by atoms with Gasteiger partial charge in [-0.25, -0.2) is 4.79 Å². The molecule has 2 nitrogen and oxygen atoms in total. The third-order valence-electron chi connectivity index (χ3n) is 0.188. The Morgan fingerprint density at radius 3 is 2.67 bits per heavy atom. The van der Waals surface area contributed by atoms with E-state index in [-0.39, 0.29) is 0 Å². The topological polar surface area (TPSA) is 37.3 Å². The predicted molar refractivity (Wildman–Crippen MR) is 22.6 cm³/mol. The fraction of sp³-hybridized carbons (Fsp3) is 0. The first kappa shape index (κ1) is 2.64. The van der Waals surface area contributed by atoms with Crippen molar-refractivity contribution in [3.05, 3.63) is 11.6 Å². The van der Waals surface area contributed by atoms with Crippen molar-refractivity contribution >= 4 is 17.6 Å². The van der Waals surface area contributed by atoms with Crippen LogP contribution in [0.3, 0.4) is 0 Å². The Morgan fingerprint density at radius 2 is 2.67 bits per heavy atom. The molecule has 3 heteroatoms. The van der Waals surface area contributed by atoms with Gasteiger partial charge in [-0.05, 0) is 0 Å². The van der Waals surface area contributed by atoms with Crippen molar-refractivity contribution in [2.45, 2.75) is 0 Å². The number of carboxylic acids is 1. The van der Waals surface area contributed by atoms with E-state index in [1.165, 1.54) is 0 Å². The SMILES string of the molecule is [2H]C([2H])=C(Cl)C(=O)O. The number of hydrogen-bond acceptors (Lipinski definition) is 1. The van der Waals surface area contributed by atoms with Crippen LogP contribution in [0.4, 0.5) is 0 Å². The summed E-state index contributed by atoms with van der Waals surface area (Å²) >= 11 is 4.86. The Labute approximate surface area is 42.8 Å². The van der Waals surface area contributed by atoms with E-state index in [0.717, 1.165) is 0 Å². The largest absolute Gasteiger partial charge is 0.477 e. The van der Waals surface area contributed by atoms with E-state index >= 15 is 0 Å². The first-order chi connectivity index (χ1) is 3.55. The zero-order valence-electron chi connectivity index (χ0n) is 4.73. The summed E-state index contributed by atoms with van der Waals surface area (Å²) in [6.07, 6.45) is 0. The molecular formula is C3H3ClO2. The number of carbonyl (C=O) groups is 1. The first-order valence-corrected chi connectivity index (χ1v) is 1.49. The van der Waals surface area contributed by atoms with Crippen LogP contribution in [-0.4, -0.2) is 11.1 Å². The van der Waals surface area contributed by atoms with Gasteiger partial charge in [0.25, 0.3) is 0 Å². The second-order valence-electron chi connectivity index (χ2n) is 0.619. The normalized spacial score (nSPS) is 11.5. The summed E-state index contributed by atoms with van der Waals surface area (Å²) < 4.78 is 12.7. The summed E-state index contributed by atoms with van der Waals surface area (Å²) in [5.74, 6) is -1.44. The standard InChI is InChI=1S/C3H3ClO2/c1-2(4)3(5)6/h1H2,(H,5,6)/i1D2. The average Bonchev–Trinajstić information content (AvgIpc) is 1.64. The highest BCUT2D eigenvalue weighted by Crippen LogP contribution is 1.92. The lowest BCUT2D eigenvalue weighted by Gasteiger charge is -1.76. The van der Waals surface area contributed by atoms with Gasteiger partial charge in [-0.15, -0.1) is 0 Å². The van der Waals surface area contributed by atoms with Gasteiger partial charge in [-0.3, -0.25) is 0 Å². The third kappa shape index (κ3) is 1.79. The Kier molecular flexibility index (Phi) is 0.801. The van der Waals surface area contributed by atoms with Gasteiger partial charge < -0.3 is 5.11 Å². The van der Waals surface area contributed by atoms with Crippen LogP contribution in [0.1, 0.15) is 2.74 Å². The van der Waals surface area contributed by atoms with Gasteiger partial charge in [-0.1, -0.05) is 18.1 Å². The van der Waals surface area contributed by atoms with Crippen LogP contribution in [0, 0.1) is 0 Å². The molecule has 0 fully saturated rings. The average molecular weight is 109 g/mol. The lowest BCUT2D eigenvalue weighted by atomic mass is 10.7. The van der Waals surface area contributed by atoms with Crippen LogP contribution in [-0.2, 0) is 4.79 Å². The molecule has 0 spiro atoms. The van der Waals surface area contributed by atoms with Crippen molar-refractivity contribution < 1.29 is 12.6 Å². The van der Waals surface area contributed by atoms with Crippen molar-refractivity contribution in [2.24, 2.45) is 0 Å². The smallest absolute Gasteiger partial charge is 0.346 e. The zero-order chi connectivity index (χ0) is 6.73. The van der Waals surface area contributed by atoms with Crippen LogP contribution in [0.2, 0.25) is 0 Å². The lowest BCUT2D eigenvalue weighted by Crippen LogP contribution is -1.89. The summed E-state index contributed by atoms with van der Waals surface area (Å²) in [4.78, 5) is 9.71. The molecule has 0 aliphatic rings. The van der Waals surface area contributed by atoms with Gasteiger partial charge in [0.05, 0.1) is 2.74 Å². The second-order valence-corrected chi connectivity index (χ2v) is 0.997. The van der Waals surface area contributed by atoms with Crippen LogP contribution in [0.25, 0.3) is 0 Å². The molecule has 0 amide bonds. The highest BCUT2D eigenvalue weighted by atomic mass is 35.5. The number of halogens is 1. The molecule has 0 aromatic carbocycles. The molecule has 0 saturated carbocycles. The summed E-state index contributed by atoms with van der Waals surface area (Å²) in [5, 5.41) is 7.16. The summed E-state index contributed by atoms with van der Waals surface area (Å²) in [7, 11) is 0. The van der Waals surface area contributed by atoms with Crippen molar-refractivity contribution in [1.29, 1.82) is 0 Å². The maximum absolute atomic E-state index is 9.71. The molecule has 0 aromatic heterocycles. The second kappa shape index (κ2) is 1.82. The highest BCUT2D eigenvalue weighted by molar-refractivity contribution is 6.40. The Morgan fingerprint density at radius 1 is 2.17 bits per heavy atom. The van der Waals surface area contributed by atoms with Gasteiger partial charge in [0.2, 0.25) is 0 Å². The van der Waals surface area contributed by atoms with Gasteiger partial charge in [0.1, 0.15) is 5.03 Å². The van der Waals surface area contributed by atoms with E-state index in [9.17, 15) is 4.79 Å². The van der Waals surface area contributed by atoms with Crippen LogP contribution in [0.15, 0.2) is 11.6 Å². The lowest BCUT2D eigenvalue weighted by molar-refractivity contribution is -0.131. The number of hydrogen-bond donors (Lipinski definition) is 1. The Bertz CT molecular complexity index is 138. The monoisotopic (exact) mass is 108 g/mol. The fourth-order valence-electron chi connectivity index (χ4n) is 0. The molecular weight excluding hydrogens is 103 g/mol. The van der Waals surface area contributed by atoms with E-state index in [0.29, 0.717) is 0 Å². The molecule has 0 rings (SSSR count). The molecule has 0 aliphatic heterocycles. The fourth-order valence-corrected chi connectivity index (χ4v) is 0. The molecule has 0 heterocycles. The summed E-state index contributed by atoms with van der Waals surface area (Å²) in [6, 6.07) is 0. The van der Waals surface area contributed by atoms with E-state index in [1.54, 1.807) is 0 Å². The van der Waals surface area contributed by atoms with Crippen LogP contribution >= 0.6 is 11.6 Å².